The fraction of sp³-hybridized carbons (Fsp3) is 0.0690. The number of amides is 1. The Morgan fingerprint density at radius 1 is 0.656 bits per heavy atom. The zero-order chi connectivity index (χ0) is 22.5. The molecular weight excluding hydrogens is 392 g/mol. The number of carbonyl (C=O) groups is 1. The van der Waals surface area contributed by atoms with Crippen molar-refractivity contribution in [2.45, 2.75) is 13.8 Å². The van der Waals surface area contributed by atoms with E-state index in [-0.39, 0.29) is 5.91 Å². The molecule has 3 heteroatoms. The summed E-state index contributed by atoms with van der Waals surface area (Å²) in [5.74, 6) is -0.214. The molecule has 0 aliphatic heterocycles. The molecule has 0 atom stereocenters. The summed E-state index contributed by atoms with van der Waals surface area (Å²) in [7, 11) is 0. The van der Waals surface area contributed by atoms with Crippen molar-refractivity contribution in [2.24, 2.45) is 0 Å². The van der Waals surface area contributed by atoms with Crippen LogP contribution < -0.4 is 10.2 Å². The minimum atomic E-state index is -0.214. The predicted octanol–water partition coefficient (Wildman–Crippen LogP) is 7.56. The summed E-state index contributed by atoms with van der Waals surface area (Å²) in [4.78, 5) is 13.7. The molecule has 0 radical (unpaired) electrons. The van der Waals surface area contributed by atoms with Crippen LogP contribution in [0, 0.1) is 13.8 Å². The van der Waals surface area contributed by atoms with E-state index in [1.165, 1.54) is 17.2 Å². The first-order valence-corrected chi connectivity index (χ1v) is 10.6. The quantitative estimate of drug-likeness (QED) is 0.328. The molecule has 0 aliphatic rings. The third-order valence-electron chi connectivity index (χ3n) is 5.38. The van der Waals surface area contributed by atoms with Gasteiger partial charge in [-0.05, 0) is 79.6 Å². The molecule has 0 unspecified atom stereocenters. The number of carbonyl (C=O) groups excluding carboxylic acids is 1. The van der Waals surface area contributed by atoms with Gasteiger partial charge in [0.2, 0.25) is 5.91 Å². The number of anilines is 4. The maximum absolute atomic E-state index is 11.5. The number of hydrogen-bond donors (Lipinski definition) is 1. The van der Waals surface area contributed by atoms with Crippen molar-refractivity contribution in [2.75, 3.05) is 10.2 Å². The monoisotopic (exact) mass is 418 g/mol. The topological polar surface area (TPSA) is 32.3 Å². The normalized spacial score (nSPS) is 10.4. The van der Waals surface area contributed by atoms with Gasteiger partial charge in [-0.1, -0.05) is 66.2 Å². The summed E-state index contributed by atoms with van der Waals surface area (Å²) in [6, 6.07) is 33.5. The van der Waals surface area contributed by atoms with E-state index in [9.17, 15) is 4.79 Å². The lowest BCUT2D eigenvalue weighted by Crippen LogP contribution is -2.09. The van der Waals surface area contributed by atoms with Crippen LogP contribution in [0.25, 0.3) is 11.1 Å². The van der Waals surface area contributed by atoms with E-state index in [0.29, 0.717) is 0 Å². The Labute approximate surface area is 189 Å². The third-order valence-corrected chi connectivity index (χ3v) is 5.38. The molecule has 0 fully saturated rings. The third kappa shape index (κ3) is 4.79. The van der Waals surface area contributed by atoms with E-state index in [2.05, 4.69) is 103 Å². The van der Waals surface area contributed by atoms with Gasteiger partial charge in [-0.2, -0.15) is 0 Å². The van der Waals surface area contributed by atoms with Gasteiger partial charge in [0, 0.05) is 22.7 Å². The predicted molar refractivity (Wildman–Crippen MR) is 135 cm³/mol. The zero-order valence-electron chi connectivity index (χ0n) is 18.4. The van der Waals surface area contributed by atoms with Crippen molar-refractivity contribution in [1.29, 1.82) is 0 Å². The lowest BCUT2D eigenvalue weighted by atomic mass is 10.0. The summed E-state index contributed by atoms with van der Waals surface area (Å²) in [5, 5.41) is 2.77. The minimum absolute atomic E-state index is 0.214. The SMILES string of the molecule is C=CC(=O)Nc1ccc(-c2ccc(N(c3ccc(C)cc3)c3ccc(C)cc3)cc2)cc1. The van der Waals surface area contributed by atoms with Crippen LogP contribution in [-0.2, 0) is 4.79 Å². The standard InChI is InChI=1S/C29H26N2O/c1-4-29(32)30-25-13-9-23(10-14-25)24-11-19-28(20-12-24)31(26-15-5-21(2)6-16-26)27-17-7-22(3)8-18-27/h4-20H,1H2,2-3H3,(H,30,32). The lowest BCUT2D eigenvalue weighted by Gasteiger charge is -2.26. The Hall–Kier alpha value is -4.11. The van der Waals surface area contributed by atoms with E-state index in [1.54, 1.807) is 0 Å². The molecule has 0 aliphatic carbocycles. The van der Waals surface area contributed by atoms with Gasteiger partial charge in [0.1, 0.15) is 0 Å². The first-order valence-electron chi connectivity index (χ1n) is 10.6. The van der Waals surface area contributed by atoms with Gasteiger partial charge in [-0.25, -0.2) is 0 Å². The second kappa shape index (κ2) is 9.36. The molecule has 4 aromatic carbocycles. The number of benzene rings is 4. The van der Waals surface area contributed by atoms with Gasteiger partial charge in [0.15, 0.2) is 0 Å². The van der Waals surface area contributed by atoms with Crippen molar-refractivity contribution in [3.8, 4) is 11.1 Å². The molecule has 4 aromatic rings. The van der Waals surface area contributed by atoms with Gasteiger partial charge < -0.3 is 10.2 Å². The van der Waals surface area contributed by atoms with Crippen LogP contribution in [0.2, 0.25) is 0 Å². The maximum atomic E-state index is 11.5. The number of hydrogen-bond acceptors (Lipinski definition) is 2. The average molecular weight is 419 g/mol. The van der Waals surface area contributed by atoms with E-state index in [1.807, 2.05) is 24.3 Å². The van der Waals surface area contributed by atoms with Crippen LogP contribution in [0.1, 0.15) is 11.1 Å². The largest absolute Gasteiger partial charge is 0.323 e. The van der Waals surface area contributed by atoms with Gasteiger partial charge in [0.25, 0.3) is 0 Å². The van der Waals surface area contributed by atoms with Crippen molar-refractivity contribution in [3.63, 3.8) is 0 Å². The molecule has 3 nitrogen and oxygen atoms in total. The average Bonchev–Trinajstić information content (AvgIpc) is 2.82. The lowest BCUT2D eigenvalue weighted by molar-refractivity contribution is -0.111. The van der Waals surface area contributed by atoms with Gasteiger partial charge in [-0.3, -0.25) is 4.79 Å². The molecule has 4 rings (SSSR count). The summed E-state index contributed by atoms with van der Waals surface area (Å²) < 4.78 is 0. The fourth-order valence-corrected chi connectivity index (χ4v) is 3.58. The van der Waals surface area contributed by atoms with E-state index in [0.717, 1.165) is 33.9 Å². The molecule has 1 amide bonds. The number of aryl methyl sites for hydroxylation is 2. The summed E-state index contributed by atoms with van der Waals surface area (Å²) in [6.07, 6.45) is 1.26. The Morgan fingerprint density at radius 3 is 1.44 bits per heavy atom. The van der Waals surface area contributed by atoms with Crippen LogP contribution in [0.4, 0.5) is 22.7 Å². The smallest absolute Gasteiger partial charge is 0.247 e. The first-order chi connectivity index (χ1) is 15.5. The molecule has 1 N–H and O–H groups in total. The Kier molecular flexibility index (Phi) is 6.18. The zero-order valence-corrected chi connectivity index (χ0v) is 18.4. The van der Waals surface area contributed by atoms with E-state index in [4.69, 9.17) is 0 Å². The minimum Gasteiger partial charge on any atom is -0.323 e. The highest BCUT2D eigenvalue weighted by atomic mass is 16.1. The number of nitrogens with zero attached hydrogens (tertiary/aromatic N) is 1. The second-order valence-corrected chi connectivity index (χ2v) is 7.82. The Bertz CT molecular complexity index is 1160. The Morgan fingerprint density at radius 2 is 1.03 bits per heavy atom. The fourth-order valence-electron chi connectivity index (χ4n) is 3.58. The van der Waals surface area contributed by atoms with Gasteiger partial charge in [0.05, 0.1) is 0 Å². The highest BCUT2D eigenvalue weighted by molar-refractivity contribution is 5.99. The van der Waals surface area contributed by atoms with Crippen LogP contribution in [0.3, 0.4) is 0 Å². The van der Waals surface area contributed by atoms with E-state index < -0.39 is 0 Å². The van der Waals surface area contributed by atoms with Crippen LogP contribution in [-0.4, -0.2) is 5.91 Å². The maximum Gasteiger partial charge on any atom is 0.247 e. The molecule has 0 heterocycles. The van der Waals surface area contributed by atoms with E-state index >= 15 is 0 Å². The summed E-state index contributed by atoms with van der Waals surface area (Å²) in [6.45, 7) is 7.68. The number of nitrogens with one attached hydrogen (secondary N) is 1. The molecule has 158 valence electrons. The van der Waals surface area contributed by atoms with Crippen LogP contribution in [0.15, 0.2) is 110 Å². The van der Waals surface area contributed by atoms with Crippen molar-refractivity contribution in [1.82, 2.24) is 0 Å². The Balaban J connectivity index is 1.64. The van der Waals surface area contributed by atoms with Crippen LogP contribution in [0.5, 0.6) is 0 Å². The van der Waals surface area contributed by atoms with Gasteiger partial charge >= 0.3 is 0 Å². The molecule has 0 bridgehead atoms. The molecule has 32 heavy (non-hydrogen) atoms. The van der Waals surface area contributed by atoms with Gasteiger partial charge in [-0.15, -0.1) is 0 Å². The molecule has 0 saturated carbocycles. The molecular formula is C29H26N2O. The first kappa shape index (κ1) is 21.1. The molecule has 0 spiro atoms. The van der Waals surface area contributed by atoms with Crippen LogP contribution >= 0.6 is 0 Å². The molecule has 0 aromatic heterocycles. The highest BCUT2D eigenvalue weighted by Crippen LogP contribution is 2.35. The number of rotatable bonds is 6. The molecule has 0 saturated heterocycles. The highest BCUT2D eigenvalue weighted by Gasteiger charge is 2.12. The second-order valence-electron chi connectivity index (χ2n) is 7.82. The van der Waals surface area contributed by atoms with Crippen molar-refractivity contribution < 1.29 is 4.79 Å². The summed E-state index contributed by atoms with van der Waals surface area (Å²) >= 11 is 0. The van der Waals surface area contributed by atoms with Crippen molar-refractivity contribution >= 4 is 28.7 Å². The van der Waals surface area contributed by atoms with Crippen molar-refractivity contribution in [3.05, 3.63) is 121 Å². The summed E-state index contributed by atoms with van der Waals surface area (Å²) in [5.41, 5.74) is 8.76.